The van der Waals surface area contributed by atoms with Gasteiger partial charge >= 0.3 is 5.69 Å². The fraction of sp³-hybridized carbons (Fsp3) is 0.222. The van der Waals surface area contributed by atoms with Crippen LogP contribution in [0.2, 0.25) is 10.0 Å². The second-order valence-corrected chi connectivity index (χ2v) is 8.34. The lowest BCUT2D eigenvalue weighted by molar-refractivity contribution is 0.642. The molecule has 2 heterocycles. The molecule has 0 aliphatic rings. The van der Waals surface area contributed by atoms with Crippen molar-refractivity contribution in [3.05, 3.63) is 70.7 Å². The van der Waals surface area contributed by atoms with Gasteiger partial charge in [0.2, 0.25) is 5.69 Å². The van der Waals surface area contributed by atoms with Crippen molar-refractivity contribution in [3.63, 3.8) is 0 Å². The molecule has 0 saturated carbocycles. The van der Waals surface area contributed by atoms with Crippen molar-refractivity contribution in [1.82, 2.24) is 24.5 Å². The van der Waals surface area contributed by atoms with Crippen molar-refractivity contribution in [3.8, 4) is 11.8 Å². The van der Waals surface area contributed by atoms with Crippen molar-refractivity contribution < 1.29 is 0 Å². The fourth-order valence-electron chi connectivity index (χ4n) is 2.59. The van der Waals surface area contributed by atoms with Gasteiger partial charge < -0.3 is 0 Å². The standard InChI is InChI=1S/C18H14Cl2N6O3S/c1-8(2)10-6-14(24-25(3)17(10)28)30-15-11(19)4-9(5-12(15)20)26-18(29)22-16(27)13(7-21)23-26/h4-6,8H,1-3H3,(H,22,27,29). The zero-order chi connectivity index (χ0) is 22.2. The van der Waals surface area contributed by atoms with E-state index >= 15 is 0 Å². The van der Waals surface area contributed by atoms with Crippen LogP contribution in [-0.4, -0.2) is 24.5 Å². The number of benzene rings is 1. The Morgan fingerprint density at radius 1 is 1.13 bits per heavy atom. The number of H-pyrrole nitrogens is 1. The molecule has 3 rings (SSSR count). The van der Waals surface area contributed by atoms with E-state index in [9.17, 15) is 14.4 Å². The molecule has 0 radical (unpaired) electrons. The van der Waals surface area contributed by atoms with E-state index in [1.165, 1.54) is 16.8 Å². The minimum absolute atomic E-state index is 0.00638. The molecule has 1 aromatic carbocycles. The number of nitriles is 1. The highest BCUT2D eigenvalue weighted by Gasteiger charge is 2.17. The summed E-state index contributed by atoms with van der Waals surface area (Å²) in [6.45, 7) is 3.81. The SMILES string of the molecule is CC(C)c1cc(Sc2c(Cl)cc(-n3nc(C#N)c(=O)[nH]c3=O)cc2Cl)nn(C)c1=O. The Labute approximate surface area is 183 Å². The van der Waals surface area contributed by atoms with Gasteiger partial charge in [0.15, 0.2) is 0 Å². The summed E-state index contributed by atoms with van der Waals surface area (Å²) in [5.41, 5.74) is -1.61. The van der Waals surface area contributed by atoms with Gasteiger partial charge in [0.05, 0.1) is 20.6 Å². The smallest absolute Gasteiger partial charge is 0.270 e. The lowest BCUT2D eigenvalue weighted by Gasteiger charge is -2.12. The first-order chi connectivity index (χ1) is 14.1. The first-order valence-electron chi connectivity index (χ1n) is 8.51. The molecule has 0 spiro atoms. The van der Waals surface area contributed by atoms with Gasteiger partial charge in [-0.05, 0) is 24.1 Å². The van der Waals surface area contributed by atoms with Crippen LogP contribution in [0.25, 0.3) is 5.69 Å². The van der Waals surface area contributed by atoms with E-state index in [0.29, 0.717) is 15.5 Å². The van der Waals surface area contributed by atoms with Crippen LogP contribution in [0.3, 0.4) is 0 Å². The number of aromatic amines is 1. The second kappa shape index (κ2) is 8.47. The summed E-state index contributed by atoms with van der Waals surface area (Å²) >= 11 is 13.9. The van der Waals surface area contributed by atoms with E-state index in [4.69, 9.17) is 28.5 Å². The van der Waals surface area contributed by atoms with Gasteiger partial charge in [0.25, 0.3) is 11.1 Å². The average molecular weight is 465 g/mol. The Morgan fingerprint density at radius 3 is 2.33 bits per heavy atom. The molecule has 0 atom stereocenters. The normalized spacial score (nSPS) is 11.0. The Hall–Kier alpha value is -2.87. The number of rotatable bonds is 4. The molecule has 30 heavy (non-hydrogen) atoms. The van der Waals surface area contributed by atoms with Crippen molar-refractivity contribution >= 4 is 35.0 Å². The number of hydrogen-bond acceptors (Lipinski definition) is 7. The summed E-state index contributed by atoms with van der Waals surface area (Å²) in [5.74, 6) is 0.00638. The zero-order valence-corrected chi connectivity index (χ0v) is 18.3. The van der Waals surface area contributed by atoms with E-state index in [1.807, 2.05) is 18.8 Å². The van der Waals surface area contributed by atoms with E-state index in [-0.39, 0.29) is 27.2 Å². The van der Waals surface area contributed by atoms with E-state index < -0.39 is 16.9 Å². The molecule has 154 valence electrons. The first kappa shape index (κ1) is 21.8. The van der Waals surface area contributed by atoms with Crippen LogP contribution in [-0.2, 0) is 7.05 Å². The van der Waals surface area contributed by atoms with E-state index in [1.54, 1.807) is 19.2 Å². The number of hydrogen-bond donors (Lipinski definition) is 1. The Balaban J connectivity index is 2.08. The molecular formula is C18H14Cl2N6O3S. The lowest BCUT2D eigenvalue weighted by atomic mass is 10.1. The lowest BCUT2D eigenvalue weighted by Crippen LogP contribution is -2.33. The summed E-state index contributed by atoms with van der Waals surface area (Å²) in [7, 11) is 1.56. The highest BCUT2D eigenvalue weighted by atomic mass is 35.5. The predicted molar refractivity (Wildman–Crippen MR) is 113 cm³/mol. The Bertz CT molecular complexity index is 1350. The average Bonchev–Trinajstić information content (AvgIpc) is 2.67. The van der Waals surface area contributed by atoms with E-state index in [0.717, 1.165) is 16.4 Å². The Morgan fingerprint density at radius 2 is 1.77 bits per heavy atom. The molecule has 1 N–H and O–H groups in total. The van der Waals surface area contributed by atoms with Crippen LogP contribution in [0.5, 0.6) is 0 Å². The van der Waals surface area contributed by atoms with Crippen LogP contribution < -0.4 is 16.8 Å². The highest BCUT2D eigenvalue weighted by molar-refractivity contribution is 7.99. The van der Waals surface area contributed by atoms with Crippen LogP contribution in [0.1, 0.15) is 31.0 Å². The predicted octanol–water partition coefficient (Wildman–Crippen LogP) is 2.47. The van der Waals surface area contributed by atoms with Crippen molar-refractivity contribution in [1.29, 1.82) is 5.26 Å². The van der Waals surface area contributed by atoms with Gasteiger partial charge in [-0.1, -0.05) is 48.8 Å². The monoisotopic (exact) mass is 464 g/mol. The number of nitrogens with one attached hydrogen (secondary N) is 1. The fourth-order valence-corrected chi connectivity index (χ4v) is 4.16. The maximum atomic E-state index is 12.2. The maximum absolute atomic E-state index is 12.2. The molecular weight excluding hydrogens is 451 g/mol. The third kappa shape index (κ3) is 4.18. The number of aromatic nitrogens is 5. The molecule has 0 bridgehead atoms. The third-order valence-corrected chi connectivity index (χ3v) is 5.93. The van der Waals surface area contributed by atoms with Gasteiger partial charge in [-0.15, -0.1) is 5.10 Å². The molecule has 0 aliphatic carbocycles. The van der Waals surface area contributed by atoms with Crippen LogP contribution >= 0.6 is 35.0 Å². The number of aryl methyl sites for hydroxylation is 1. The van der Waals surface area contributed by atoms with Crippen LogP contribution in [0.15, 0.2) is 42.5 Å². The van der Waals surface area contributed by atoms with Crippen LogP contribution in [0, 0.1) is 11.3 Å². The molecule has 9 nitrogen and oxygen atoms in total. The number of nitrogens with zero attached hydrogens (tertiary/aromatic N) is 5. The third-order valence-electron chi connectivity index (χ3n) is 4.06. The second-order valence-electron chi connectivity index (χ2n) is 6.49. The van der Waals surface area contributed by atoms with Gasteiger partial charge in [-0.3, -0.25) is 14.6 Å². The van der Waals surface area contributed by atoms with Gasteiger partial charge in [0, 0.05) is 12.6 Å². The summed E-state index contributed by atoms with van der Waals surface area (Å²) < 4.78 is 2.08. The minimum Gasteiger partial charge on any atom is -0.270 e. The molecule has 12 heteroatoms. The van der Waals surface area contributed by atoms with Crippen LogP contribution in [0.4, 0.5) is 0 Å². The van der Waals surface area contributed by atoms with Crippen molar-refractivity contribution in [2.45, 2.75) is 29.7 Å². The van der Waals surface area contributed by atoms with Gasteiger partial charge in [0.1, 0.15) is 11.1 Å². The summed E-state index contributed by atoms with van der Waals surface area (Å²) in [6, 6.07) is 6.15. The molecule has 0 saturated heterocycles. The quantitative estimate of drug-likeness (QED) is 0.627. The molecule has 0 amide bonds. The maximum Gasteiger partial charge on any atom is 0.349 e. The number of halogens is 2. The summed E-state index contributed by atoms with van der Waals surface area (Å²) in [4.78, 5) is 38.3. The minimum atomic E-state index is -0.884. The molecule has 0 unspecified atom stereocenters. The Kier molecular flexibility index (Phi) is 6.17. The zero-order valence-electron chi connectivity index (χ0n) is 15.9. The summed E-state index contributed by atoms with van der Waals surface area (Å²) in [6.07, 6.45) is 0. The topological polar surface area (TPSA) is 126 Å². The molecule has 0 fully saturated rings. The van der Waals surface area contributed by atoms with Crippen molar-refractivity contribution in [2.24, 2.45) is 7.05 Å². The van der Waals surface area contributed by atoms with Gasteiger partial charge in [-0.25, -0.2) is 9.48 Å². The first-order valence-corrected chi connectivity index (χ1v) is 10.1. The highest BCUT2D eigenvalue weighted by Crippen LogP contribution is 2.39. The van der Waals surface area contributed by atoms with Crippen molar-refractivity contribution in [2.75, 3.05) is 0 Å². The molecule has 0 aliphatic heterocycles. The van der Waals surface area contributed by atoms with E-state index in [2.05, 4.69) is 10.2 Å². The molecule has 3 aromatic rings. The largest absolute Gasteiger partial charge is 0.349 e. The molecule has 2 aromatic heterocycles. The van der Waals surface area contributed by atoms with Gasteiger partial charge in [-0.2, -0.15) is 15.0 Å². The summed E-state index contributed by atoms with van der Waals surface area (Å²) in [5, 5.41) is 17.8.